The Morgan fingerprint density at radius 2 is 2.05 bits per heavy atom. The fraction of sp³-hybridized carbons (Fsp3) is 0.214. The number of benzene rings is 1. The van der Waals surface area contributed by atoms with E-state index < -0.39 is 0 Å². The molecule has 96 valence electrons. The number of hydrogen-bond donors (Lipinski definition) is 1. The first-order chi connectivity index (χ1) is 9.33. The Kier molecular flexibility index (Phi) is 3.20. The summed E-state index contributed by atoms with van der Waals surface area (Å²) in [5.41, 5.74) is 1.16. The lowest BCUT2D eigenvalue weighted by Crippen LogP contribution is -2.13. The van der Waals surface area contributed by atoms with E-state index in [9.17, 15) is 0 Å². The van der Waals surface area contributed by atoms with Gasteiger partial charge in [0.1, 0.15) is 0 Å². The lowest BCUT2D eigenvalue weighted by atomic mass is 10.1. The molecule has 0 bridgehead atoms. The summed E-state index contributed by atoms with van der Waals surface area (Å²) in [6, 6.07) is 8.22. The first kappa shape index (κ1) is 11.8. The fourth-order valence-electron chi connectivity index (χ4n) is 2.04. The van der Waals surface area contributed by atoms with Crippen LogP contribution in [-0.4, -0.2) is 15.1 Å². The highest BCUT2D eigenvalue weighted by Gasteiger charge is 2.04. The van der Waals surface area contributed by atoms with Crippen molar-refractivity contribution < 1.29 is 4.52 Å². The van der Waals surface area contributed by atoms with Gasteiger partial charge >= 0.3 is 0 Å². The van der Waals surface area contributed by atoms with Crippen molar-refractivity contribution in [2.24, 2.45) is 0 Å². The van der Waals surface area contributed by atoms with Gasteiger partial charge in [-0.15, -0.1) is 0 Å². The van der Waals surface area contributed by atoms with E-state index in [2.05, 4.69) is 32.6 Å². The topological polar surface area (TPSA) is 63.8 Å². The molecule has 5 heteroatoms. The molecule has 0 spiro atoms. The van der Waals surface area contributed by atoms with Crippen LogP contribution in [0, 0.1) is 6.92 Å². The van der Waals surface area contributed by atoms with Crippen LogP contribution in [0.2, 0.25) is 0 Å². The molecule has 0 unspecified atom stereocenters. The first-order valence-electron chi connectivity index (χ1n) is 6.14. The predicted octanol–water partition coefficient (Wildman–Crippen LogP) is 2.22. The molecule has 3 rings (SSSR count). The van der Waals surface area contributed by atoms with Gasteiger partial charge in [-0.2, -0.15) is 4.98 Å². The summed E-state index contributed by atoms with van der Waals surface area (Å²) in [6.07, 6.45) is 3.76. The molecular weight excluding hydrogens is 240 g/mol. The minimum atomic E-state index is 0.560. The molecular formula is C14H14N4O. The van der Waals surface area contributed by atoms with Crippen LogP contribution in [0.3, 0.4) is 0 Å². The summed E-state index contributed by atoms with van der Waals surface area (Å²) < 4.78 is 5.05. The molecule has 2 aromatic heterocycles. The normalized spacial score (nSPS) is 11.0. The number of aryl methyl sites for hydroxylation is 1. The lowest BCUT2D eigenvalue weighted by Gasteiger charge is -2.06. The average molecular weight is 254 g/mol. The SMILES string of the molecule is Cc1noc(CNCc2cncc3ccccc23)n1. The molecule has 1 N–H and O–H groups in total. The monoisotopic (exact) mass is 254 g/mol. The standard InChI is InChI=1S/C14H14N4O/c1-10-17-14(19-18-10)9-16-8-12-7-15-6-11-4-2-3-5-13(11)12/h2-7,16H,8-9H2,1H3. The van der Waals surface area contributed by atoms with Crippen LogP contribution in [0.5, 0.6) is 0 Å². The van der Waals surface area contributed by atoms with Crippen LogP contribution in [0.4, 0.5) is 0 Å². The van der Waals surface area contributed by atoms with Gasteiger partial charge in [-0.05, 0) is 17.9 Å². The lowest BCUT2D eigenvalue weighted by molar-refractivity contribution is 0.364. The Bertz CT molecular complexity index is 687. The molecule has 3 aromatic rings. The molecule has 19 heavy (non-hydrogen) atoms. The molecule has 0 fully saturated rings. The van der Waals surface area contributed by atoms with E-state index in [1.54, 1.807) is 0 Å². The van der Waals surface area contributed by atoms with Gasteiger partial charge in [-0.3, -0.25) is 4.98 Å². The zero-order chi connectivity index (χ0) is 13.1. The molecule has 0 atom stereocenters. The number of nitrogens with zero attached hydrogens (tertiary/aromatic N) is 3. The van der Waals surface area contributed by atoms with Gasteiger partial charge in [0.15, 0.2) is 5.82 Å². The molecule has 0 radical (unpaired) electrons. The zero-order valence-corrected chi connectivity index (χ0v) is 10.6. The second-order valence-electron chi connectivity index (χ2n) is 4.36. The molecule has 0 saturated heterocycles. The Morgan fingerprint density at radius 3 is 2.89 bits per heavy atom. The van der Waals surface area contributed by atoms with E-state index in [0.717, 1.165) is 17.5 Å². The first-order valence-corrected chi connectivity index (χ1v) is 6.14. The molecule has 0 saturated carbocycles. The van der Waals surface area contributed by atoms with Crippen LogP contribution >= 0.6 is 0 Å². The molecule has 0 aliphatic carbocycles. The molecule has 0 aliphatic heterocycles. The highest BCUT2D eigenvalue weighted by Crippen LogP contribution is 2.16. The second kappa shape index (κ2) is 5.16. The van der Waals surface area contributed by atoms with Crippen molar-refractivity contribution in [1.82, 2.24) is 20.4 Å². The number of nitrogens with one attached hydrogen (secondary N) is 1. The number of pyridine rings is 1. The summed E-state index contributed by atoms with van der Waals surface area (Å²) in [7, 11) is 0. The molecule has 5 nitrogen and oxygen atoms in total. The third-order valence-corrected chi connectivity index (χ3v) is 2.91. The third-order valence-electron chi connectivity index (χ3n) is 2.91. The van der Waals surface area contributed by atoms with Gasteiger partial charge in [0.05, 0.1) is 6.54 Å². The van der Waals surface area contributed by atoms with Crippen molar-refractivity contribution in [1.29, 1.82) is 0 Å². The van der Waals surface area contributed by atoms with E-state index in [0.29, 0.717) is 18.3 Å². The largest absolute Gasteiger partial charge is 0.338 e. The van der Waals surface area contributed by atoms with Crippen LogP contribution in [-0.2, 0) is 13.1 Å². The van der Waals surface area contributed by atoms with Crippen LogP contribution in [0.15, 0.2) is 41.2 Å². The quantitative estimate of drug-likeness (QED) is 0.773. The highest BCUT2D eigenvalue weighted by atomic mass is 16.5. The third kappa shape index (κ3) is 2.61. The van der Waals surface area contributed by atoms with Crippen LogP contribution < -0.4 is 5.32 Å². The van der Waals surface area contributed by atoms with Gasteiger partial charge in [0, 0.05) is 24.3 Å². The van der Waals surface area contributed by atoms with Crippen LogP contribution in [0.1, 0.15) is 17.3 Å². The van der Waals surface area contributed by atoms with E-state index >= 15 is 0 Å². The van der Waals surface area contributed by atoms with Crippen molar-refractivity contribution in [3.63, 3.8) is 0 Å². The fourth-order valence-corrected chi connectivity index (χ4v) is 2.04. The number of rotatable bonds is 4. The maximum atomic E-state index is 5.05. The van der Waals surface area contributed by atoms with E-state index in [-0.39, 0.29) is 0 Å². The van der Waals surface area contributed by atoms with Crippen molar-refractivity contribution in [2.75, 3.05) is 0 Å². The second-order valence-corrected chi connectivity index (χ2v) is 4.36. The Morgan fingerprint density at radius 1 is 1.16 bits per heavy atom. The Balaban J connectivity index is 1.71. The molecule has 0 amide bonds. The van der Waals surface area contributed by atoms with Crippen molar-refractivity contribution in [3.05, 3.63) is 53.9 Å². The van der Waals surface area contributed by atoms with Gasteiger partial charge < -0.3 is 9.84 Å². The molecule has 0 aliphatic rings. The maximum absolute atomic E-state index is 5.05. The van der Waals surface area contributed by atoms with E-state index in [4.69, 9.17) is 4.52 Å². The van der Waals surface area contributed by atoms with E-state index in [1.807, 2.05) is 31.5 Å². The van der Waals surface area contributed by atoms with Crippen molar-refractivity contribution >= 4 is 10.8 Å². The summed E-state index contributed by atoms with van der Waals surface area (Å²) in [5.74, 6) is 1.26. The highest BCUT2D eigenvalue weighted by molar-refractivity contribution is 5.84. The zero-order valence-electron chi connectivity index (χ0n) is 10.6. The van der Waals surface area contributed by atoms with E-state index in [1.165, 1.54) is 5.39 Å². The van der Waals surface area contributed by atoms with Crippen LogP contribution in [0.25, 0.3) is 10.8 Å². The van der Waals surface area contributed by atoms with Crippen molar-refractivity contribution in [3.8, 4) is 0 Å². The summed E-state index contributed by atoms with van der Waals surface area (Å²) in [6.45, 7) is 3.08. The molecule has 1 aromatic carbocycles. The predicted molar refractivity (Wildman–Crippen MR) is 71.3 cm³/mol. The maximum Gasteiger partial charge on any atom is 0.240 e. The summed E-state index contributed by atoms with van der Waals surface area (Å²) in [5, 5.41) is 9.40. The van der Waals surface area contributed by atoms with Crippen molar-refractivity contribution in [2.45, 2.75) is 20.0 Å². The number of hydrogen-bond acceptors (Lipinski definition) is 5. The van der Waals surface area contributed by atoms with Gasteiger partial charge in [0.2, 0.25) is 5.89 Å². The number of fused-ring (bicyclic) bond motifs is 1. The van der Waals surface area contributed by atoms with Gasteiger partial charge in [0.25, 0.3) is 0 Å². The molecule has 2 heterocycles. The van der Waals surface area contributed by atoms with Gasteiger partial charge in [-0.25, -0.2) is 0 Å². The average Bonchev–Trinajstić information content (AvgIpc) is 2.85. The van der Waals surface area contributed by atoms with Gasteiger partial charge in [-0.1, -0.05) is 29.4 Å². The number of aromatic nitrogens is 3. The minimum Gasteiger partial charge on any atom is -0.338 e. The Labute approximate surface area is 110 Å². The minimum absolute atomic E-state index is 0.560. The summed E-state index contributed by atoms with van der Waals surface area (Å²) in [4.78, 5) is 8.40. The Hall–Kier alpha value is -2.27. The summed E-state index contributed by atoms with van der Waals surface area (Å²) >= 11 is 0. The smallest absolute Gasteiger partial charge is 0.240 e.